The van der Waals surface area contributed by atoms with Gasteiger partial charge in [-0.1, -0.05) is 6.07 Å². The van der Waals surface area contributed by atoms with Crippen LogP contribution in [0.15, 0.2) is 30.3 Å². The van der Waals surface area contributed by atoms with Crippen molar-refractivity contribution < 1.29 is 14.0 Å². The average molecular weight is 306 g/mol. The van der Waals surface area contributed by atoms with Gasteiger partial charge in [0.1, 0.15) is 5.82 Å². The van der Waals surface area contributed by atoms with Crippen molar-refractivity contribution in [3.8, 4) is 0 Å². The van der Waals surface area contributed by atoms with E-state index in [2.05, 4.69) is 10.6 Å². The lowest BCUT2D eigenvalue weighted by Gasteiger charge is -2.07. The number of thiophene rings is 1. The summed E-state index contributed by atoms with van der Waals surface area (Å²) in [6, 6.07) is 7.99. The molecule has 0 spiro atoms. The first-order chi connectivity index (χ1) is 9.95. The van der Waals surface area contributed by atoms with E-state index in [-0.39, 0.29) is 18.3 Å². The van der Waals surface area contributed by atoms with Gasteiger partial charge in [0.2, 0.25) is 5.91 Å². The molecular formula is C15H15FN2O2S. The maximum atomic E-state index is 13.3. The van der Waals surface area contributed by atoms with E-state index in [1.54, 1.807) is 25.1 Å². The largest absolute Gasteiger partial charge is 0.342 e. The average Bonchev–Trinajstić information content (AvgIpc) is 2.87. The molecule has 0 saturated carbocycles. The molecule has 0 atom stereocenters. The molecule has 2 N–H and O–H groups in total. The number of rotatable bonds is 4. The lowest BCUT2D eigenvalue weighted by molar-refractivity contribution is -0.115. The van der Waals surface area contributed by atoms with Crippen LogP contribution >= 0.6 is 11.3 Å². The molecule has 2 amide bonds. The van der Waals surface area contributed by atoms with Gasteiger partial charge in [-0.05, 0) is 43.7 Å². The molecule has 0 saturated heterocycles. The van der Waals surface area contributed by atoms with Gasteiger partial charge in [0.05, 0.1) is 11.4 Å². The van der Waals surface area contributed by atoms with Crippen LogP contribution in [0.25, 0.3) is 0 Å². The monoisotopic (exact) mass is 306 g/mol. The van der Waals surface area contributed by atoms with Crippen molar-refractivity contribution in [1.82, 2.24) is 5.32 Å². The van der Waals surface area contributed by atoms with E-state index in [0.717, 1.165) is 4.88 Å². The van der Waals surface area contributed by atoms with Crippen LogP contribution < -0.4 is 10.6 Å². The van der Waals surface area contributed by atoms with Gasteiger partial charge in [-0.15, -0.1) is 11.3 Å². The molecule has 0 aliphatic carbocycles. The summed E-state index contributed by atoms with van der Waals surface area (Å²) < 4.78 is 13.3. The number of halogens is 1. The fourth-order valence-electron chi connectivity index (χ4n) is 1.68. The van der Waals surface area contributed by atoms with E-state index in [1.807, 2.05) is 13.0 Å². The van der Waals surface area contributed by atoms with Gasteiger partial charge >= 0.3 is 0 Å². The van der Waals surface area contributed by atoms with Crippen molar-refractivity contribution in [3.05, 3.63) is 51.5 Å². The van der Waals surface area contributed by atoms with Gasteiger partial charge in [0, 0.05) is 10.6 Å². The Labute approximate surface area is 126 Å². The quantitative estimate of drug-likeness (QED) is 0.912. The normalized spacial score (nSPS) is 10.2. The maximum Gasteiger partial charge on any atom is 0.261 e. The summed E-state index contributed by atoms with van der Waals surface area (Å²) in [7, 11) is 0. The van der Waals surface area contributed by atoms with Crippen molar-refractivity contribution in [2.45, 2.75) is 13.8 Å². The van der Waals surface area contributed by atoms with Crippen LogP contribution in [0.1, 0.15) is 20.1 Å². The highest BCUT2D eigenvalue weighted by atomic mass is 32.1. The molecule has 0 aliphatic heterocycles. The predicted molar refractivity (Wildman–Crippen MR) is 81.2 cm³/mol. The van der Waals surface area contributed by atoms with Crippen molar-refractivity contribution in [2.24, 2.45) is 0 Å². The number of hydrogen-bond acceptors (Lipinski definition) is 3. The fourth-order valence-corrected chi connectivity index (χ4v) is 2.46. The molecule has 4 nitrogen and oxygen atoms in total. The maximum absolute atomic E-state index is 13.3. The second kappa shape index (κ2) is 6.49. The Morgan fingerprint density at radius 2 is 1.95 bits per heavy atom. The minimum absolute atomic E-state index is 0.161. The SMILES string of the molecule is Cc1ccc(C(=O)NCC(=O)Nc2ccc(C)c(F)c2)s1. The third-order valence-corrected chi connectivity index (χ3v) is 3.83. The molecular weight excluding hydrogens is 291 g/mol. The fraction of sp³-hybridized carbons (Fsp3) is 0.200. The highest BCUT2D eigenvalue weighted by molar-refractivity contribution is 7.13. The Balaban J connectivity index is 1.87. The summed E-state index contributed by atoms with van der Waals surface area (Å²) in [5, 5.41) is 5.06. The number of hydrogen-bond donors (Lipinski definition) is 2. The zero-order valence-corrected chi connectivity index (χ0v) is 12.5. The van der Waals surface area contributed by atoms with Crippen LogP contribution in [0.4, 0.5) is 10.1 Å². The second-order valence-corrected chi connectivity index (χ2v) is 5.89. The third-order valence-electron chi connectivity index (χ3n) is 2.83. The van der Waals surface area contributed by atoms with Gasteiger partial charge < -0.3 is 10.6 Å². The van der Waals surface area contributed by atoms with Crippen LogP contribution in [0.5, 0.6) is 0 Å². The van der Waals surface area contributed by atoms with E-state index in [9.17, 15) is 14.0 Å². The zero-order chi connectivity index (χ0) is 15.4. The number of carbonyl (C=O) groups is 2. The summed E-state index contributed by atoms with van der Waals surface area (Å²) in [5.41, 5.74) is 0.874. The summed E-state index contributed by atoms with van der Waals surface area (Å²) in [6.07, 6.45) is 0. The molecule has 2 rings (SSSR count). The molecule has 110 valence electrons. The first-order valence-corrected chi connectivity index (χ1v) is 7.18. The minimum atomic E-state index is -0.403. The van der Waals surface area contributed by atoms with Crippen molar-refractivity contribution in [1.29, 1.82) is 0 Å². The van der Waals surface area contributed by atoms with Crippen LogP contribution in [-0.4, -0.2) is 18.4 Å². The summed E-state index contributed by atoms with van der Waals surface area (Å²) in [6.45, 7) is 3.38. The smallest absolute Gasteiger partial charge is 0.261 e. The number of carbonyl (C=O) groups excluding carboxylic acids is 2. The molecule has 2 aromatic rings. The van der Waals surface area contributed by atoms with Gasteiger partial charge in [0.25, 0.3) is 5.91 Å². The Hall–Kier alpha value is -2.21. The molecule has 6 heteroatoms. The minimum Gasteiger partial charge on any atom is -0.342 e. The van der Waals surface area contributed by atoms with E-state index in [0.29, 0.717) is 16.1 Å². The number of aryl methyl sites for hydroxylation is 2. The molecule has 1 aromatic heterocycles. The molecule has 1 heterocycles. The predicted octanol–water partition coefficient (Wildman–Crippen LogP) is 2.87. The van der Waals surface area contributed by atoms with Gasteiger partial charge in [-0.3, -0.25) is 9.59 Å². The van der Waals surface area contributed by atoms with Crippen LogP contribution in [-0.2, 0) is 4.79 Å². The number of amides is 2. The van der Waals surface area contributed by atoms with Gasteiger partial charge in [-0.25, -0.2) is 4.39 Å². The highest BCUT2D eigenvalue weighted by Crippen LogP contribution is 2.15. The molecule has 0 bridgehead atoms. The number of nitrogens with one attached hydrogen (secondary N) is 2. The van der Waals surface area contributed by atoms with Gasteiger partial charge in [-0.2, -0.15) is 0 Å². The third kappa shape index (κ3) is 4.13. The topological polar surface area (TPSA) is 58.2 Å². The standard InChI is InChI=1S/C15H15FN2O2S/c1-9-3-5-11(7-12(9)16)18-14(19)8-17-15(20)13-6-4-10(2)21-13/h3-7H,8H2,1-2H3,(H,17,20)(H,18,19). The Morgan fingerprint density at radius 1 is 1.19 bits per heavy atom. The molecule has 0 aliphatic rings. The van der Waals surface area contributed by atoms with E-state index < -0.39 is 5.91 Å². The lowest BCUT2D eigenvalue weighted by Crippen LogP contribution is -2.32. The summed E-state index contributed by atoms with van der Waals surface area (Å²) >= 11 is 1.36. The summed E-state index contributed by atoms with van der Waals surface area (Å²) in [4.78, 5) is 25.1. The van der Waals surface area contributed by atoms with Crippen molar-refractivity contribution >= 4 is 28.8 Å². The Kier molecular flexibility index (Phi) is 4.70. The number of anilines is 1. The van der Waals surface area contributed by atoms with E-state index in [1.165, 1.54) is 17.4 Å². The molecule has 0 unspecified atom stereocenters. The van der Waals surface area contributed by atoms with Crippen LogP contribution in [0, 0.1) is 19.7 Å². The first-order valence-electron chi connectivity index (χ1n) is 6.36. The highest BCUT2D eigenvalue weighted by Gasteiger charge is 2.10. The first kappa shape index (κ1) is 15.2. The van der Waals surface area contributed by atoms with Crippen molar-refractivity contribution in [2.75, 3.05) is 11.9 Å². The zero-order valence-electron chi connectivity index (χ0n) is 11.7. The molecule has 0 fully saturated rings. The van der Waals surface area contributed by atoms with Crippen molar-refractivity contribution in [3.63, 3.8) is 0 Å². The van der Waals surface area contributed by atoms with Gasteiger partial charge in [0.15, 0.2) is 0 Å². The molecule has 0 radical (unpaired) electrons. The Morgan fingerprint density at radius 3 is 2.57 bits per heavy atom. The lowest BCUT2D eigenvalue weighted by atomic mass is 10.2. The van der Waals surface area contributed by atoms with Crippen LogP contribution in [0.2, 0.25) is 0 Å². The Bertz CT molecular complexity index is 682. The van der Waals surface area contributed by atoms with E-state index in [4.69, 9.17) is 0 Å². The summed E-state index contributed by atoms with van der Waals surface area (Å²) in [5.74, 6) is -1.08. The van der Waals surface area contributed by atoms with Crippen LogP contribution in [0.3, 0.4) is 0 Å². The second-order valence-electron chi connectivity index (χ2n) is 4.61. The molecule has 1 aromatic carbocycles. The molecule has 21 heavy (non-hydrogen) atoms. The van der Waals surface area contributed by atoms with E-state index >= 15 is 0 Å². The number of benzene rings is 1.